The van der Waals surface area contributed by atoms with Gasteiger partial charge < -0.3 is 9.47 Å². The van der Waals surface area contributed by atoms with Gasteiger partial charge in [-0.2, -0.15) is 0 Å². The Morgan fingerprint density at radius 2 is 2.00 bits per heavy atom. The molecule has 0 N–H and O–H groups in total. The molecule has 4 atom stereocenters. The number of carbonyl (C=O) groups is 1. The normalized spacial score (nSPS) is 41.9. The fourth-order valence-corrected chi connectivity index (χ4v) is 3.16. The summed E-state index contributed by atoms with van der Waals surface area (Å²) in [5.41, 5.74) is 0. The molecule has 0 saturated carbocycles. The van der Waals surface area contributed by atoms with Crippen molar-refractivity contribution >= 4 is 28.6 Å². The highest BCUT2D eigenvalue weighted by Crippen LogP contribution is 2.36. The first-order valence-electron chi connectivity index (χ1n) is 5.13. The van der Waals surface area contributed by atoms with E-state index >= 15 is 0 Å². The standard InChI is InChI=1S/C10H15IO3/c1-6(12)13-9-5-4-8-7(11)2-3-10(9)14-8/h7-10H,2-5H2,1H3. The summed E-state index contributed by atoms with van der Waals surface area (Å²) < 4.78 is 11.7. The molecule has 4 unspecified atom stereocenters. The topological polar surface area (TPSA) is 35.5 Å². The van der Waals surface area contributed by atoms with E-state index in [1.807, 2.05) is 0 Å². The molecule has 3 nitrogen and oxygen atoms in total. The van der Waals surface area contributed by atoms with Crippen LogP contribution < -0.4 is 0 Å². The highest BCUT2D eigenvalue weighted by atomic mass is 127. The van der Waals surface area contributed by atoms with Crippen molar-refractivity contribution in [1.82, 2.24) is 0 Å². The molecule has 0 aromatic carbocycles. The summed E-state index contributed by atoms with van der Waals surface area (Å²) in [6.07, 6.45) is 4.77. The molecular weight excluding hydrogens is 295 g/mol. The second-order valence-electron chi connectivity index (χ2n) is 4.03. The van der Waals surface area contributed by atoms with Gasteiger partial charge in [0.25, 0.3) is 0 Å². The summed E-state index contributed by atoms with van der Waals surface area (Å²) in [4.78, 5) is 10.9. The van der Waals surface area contributed by atoms with E-state index in [1.54, 1.807) is 0 Å². The molecule has 0 aromatic heterocycles. The number of rotatable bonds is 1. The third kappa shape index (κ3) is 2.21. The summed E-state index contributed by atoms with van der Waals surface area (Å²) in [6, 6.07) is 0. The number of alkyl halides is 1. The lowest BCUT2D eigenvalue weighted by Crippen LogP contribution is -2.47. The molecule has 14 heavy (non-hydrogen) atoms. The van der Waals surface area contributed by atoms with Crippen molar-refractivity contribution in [3.63, 3.8) is 0 Å². The van der Waals surface area contributed by atoms with Crippen molar-refractivity contribution in [3.05, 3.63) is 0 Å². The van der Waals surface area contributed by atoms with Crippen molar-refractivity contribution in [2.75, 3.05) is 0 Å². The maximum absolute atomic E-state index is 10.9. The van der Waals surface area contributed by atoms with E-state index in [2.05, 4.69) is 22.6 Å². The third-order valence-corrected chi connectivity index (χ3v) is 4.37. The van der Waals surface area contributed by atoms with Crippen LogP contribution in [0.25, 0.3) is 0 Å². The van der Waals surface area contributed by atoms with E-state index < -0.39 is 0 Å². The highest BCUT2D eigenvalue weighted by Gasteiger charge is 2.39. The van der Waals surface area contributed by atoms with Crippen LogP contribution in [0.15, 0.2) is 0 Å². The Kier molecular flexibility index (Phi) is 3.31. The van der Waals surface area contributed by atoms with Crippen LogP contribution in [0.1, 0.15) is 32.6 Å². The molecule has 2 rings (SSSR count). The highest BCUT2D eigenvalue weighted by molar-refractivity contribution is 14.1. The van der Waals surface area contributed by atoms with Crippen molar-refractivity contribution < 1.29 is 14.3 Å². The summed E-state index contributed by atoms with van der Waals surface area (Å²) in [6.45, 7) is 1.47. The molecule has 2 saturated heterocycles. The van der Waals surface area contributed by atoms with Crippen LogP contribution in [0.2, 0.25) is 0 Å². The second-order valence-corrected chi connectivity index (χ2v) is 5.63. The Bertz CT molecular complexity index is 231. The van der Waals surface area contributed by atoms with E-state index in [0.717, 1.165) is 19.3 Å². The minimum Gasteiger partial charge on any atom is -0.460 e. The van der Waals surface area contributed by atoms with Crippen LogP contribution in [0.5, 0.6) is 0 Å². The first-order valence-corrected chi connectivity index (χ1v) is 6.38. The van der Waals surface area contributed by atoms with Gasteiger partial charge in [-0.3, -0.25) is 4.79 Å². The van der Waals surface area contributed by atoms with E-state index in [-0.39, 0.29) is 18.2 Å². The molecule has 2 bridgehead atoms. The molecule has 0 spiro atoms. The SMILES string of the molecule is CC(=O)OC1CCC2OC1CCC2I. The monoisotopic (exact) mass is 310 g/mol. The Labute approximate surface area is 97.7 Å². The quantitative estimate of drug-likeness (QED) is 0.422. The molecular formula is C10H15IO3. The van der Waals surface area contributed by atoms with E-state index in [1.165, 1.54) is 13.3 Å². The number of esters is 1. The van der Waals surface area contributed by atoms with Gasteiger partial charge in [0.15, 0.2) is 0 Å². The summed E-state index contributed by atoms with van der Waals surface area (Å²) in [5.74, 6) is -0.186. The van der Waals surface area contributed by atoms with Gasteiger partial charge in [-0.25, -0.2) is 0 Å². The van der Waals surface area contributed by atoms with Gasteiger partial charge in [-0.1, -0.05) is 22.6 Å². The Hall–Kier alpha value is 0.160. The molecule has 2 fully saturated rings. The first kappa shape index (κ1) is 10.7. The molecule has 80 valence electrons. The van der Waals surface area contributed by atoms with Crippen molar-refractivity contribution in [2.45, 2.75) is 54.8 Å². The average molecular weight is 310 g/mol. The van der Waals surface area contributed by atoms with E-state index in [9.17, 15) is 4.79 Å². The lowest BCUT2D eigenvalue weighted by molar-refractivity contribution is -0.176. The lowest BCUT2D eigenvalue weighted by Gasteiger charge is -2.42. The van der Waals surface area contributed by atoms with E-state index in [0.29, 0.717) is 10.0 Å². The maximum Gasteiger partial charge on any atom is 0.302 e. The van der Waals surface area contributed by atoms with Gasteiger partial charge in [0.1, 0.15) is 6.10 Å². The smallest absolute Gasteiger partial charge is 0.302 e. The van der Waals surface area contributed by atoms with Gasteiger partial charge in [-0.05, 0) is 25.7 Å². The molecule has 4 heteroatoms. The minimum absolute atomic E-state index is 0.00708. The average Bonchev–Trinajstić information content (AvgIpc) is 2.14. The zero-order chi connectivity index (χ0) is 10.1. The number of ether oxygens (including phenoxy) is 2. The first-order chi connectivity index (χ1) is 6.66. The van der Waals surface area contributed by atoms with Gasteiger partial charge in [0, 0.05) is 10.8 Å². The van der Waals surface area contributed by atoms with Crippen molar-refractivity contribution in [1.29, 1.82) is 0 Å². The maximum atomic E-state index is 10.9. The number of hydrogen-bond acceptors (Lipinski definition) is 3. The summed E-state index contributed by atoms with van der Waals surface area (Å²) in [5, 5.41) is 0. The van der Waals surface area contributed by atoms with Crippen LogP contribution in [0, 0.1) is 0 Å². The van der Waals surface area contributed by atoms with Crippen LogP contribution in [-0.2, 0) is 14.3 Å². The zero-order valence-electron chi connectivity index (χ0n) is 8.24. The second kappa shape index (κ2) is 4.35. The third-order valence-electron chi connectivity index (χ3n) is 2.95. The molecule has 0 aromatic rings. The molecule has 2 aliphatic heterocycles. The summed E-state index contributed by atoms with van der Waals surface area (Å²) in [7, 11) is 0. The molecule has 2 aliphatic rings. The number of carbonyl (C=O) groups excluding carboxylic acids is 1. The Morgan fingerprint density at radius 1 is 1.29 bits per heavy atom. The van der Waals surface area contributed by atoms with Gasteiger partial charge in [0.2, 0.25) is 0 Å². The van der Waals surface area contributed by atoms with Gasteiger partial charge in [0.05, 0.1) is 12.2 Å². The number of hydrogen-bond donors (Lipinski definition) is 0. The molecule has 0 amide bonds. The Balaban J connectivity index is 1.95. The fraction of sp³-hybridized carbons (Fsp3) is 0.900. The Morgan fingerprint density at radius 3 is 2.71 bits per heavy atom. The minimum atomic E-state index is -0.186. The fourth-order valence-electron chi connectivity index (χ4n) is 2.27. The van der Waals surface area contributed by atoms with Gasteiger partial charge in [-0.15, -0.1) is 0 Å². The van der Waals surface area contributed by atoms with Crippen LogP contribution >= 0.6 is 22.6 Å². The summed E-state index contributed by atoms with van der Waals surface area (Å²) >= 11 is 2.46. The van der Waals surface area contributed by atoms with Crippen molar-refractivity contribution in [3.8, 4) is 0 Å². The predicted octanol–water partition coefficient (Wildman–Crippen LogP) is 2.06. The van der Waals surface area contributed by atoms with Crippen LogP contribution in [0.4, 0.5) is 0 Å². The van der Waals surface area contributed by atoms with Crippen LogP contribution in [-0.4, -0.2) is 28.2 Å². The molecule has 0 aliphatic carbocycles. The largest absolute Gasteiger partial charge is 0.460 e. The molecule has 0 radical (unpaired) electrons. The zero-order valence-corrected chi connectivity index (χ0v) is 10.4. The van der Waals surface area contributed by atoms with Crippen molar-refractivity contribution in [2.24, 2.45) is 0 Å². The number of halogens is 1. The lowest BCUT2D eigenvalue weighted by atomic mass is 9.90. The molecule has 2 heterocycles. The number of fused-ring (bicyclic) bond motifs is 2. The van der Waals surface area contributed by atoms with Crippen LogP contribution in [0.3, 0.4) is 0 Å². The van der Waals surface area contributed by atoms with E-state index in [4.69, 9.17) is 9.47 Å². The van der Waals surface area contributed by atoms with Gasteiger partial charge >= 0.3 is 5.97 Å². The predicted molar refractivity (Wildman–Crippen MR) is 60.5 cm³/mol.